The van der Waals surface area contributed by atoms with Crippen LogP contribution >= 0.6 is 0 Å². The molecule has 0 aromatic heterocycles. The highest BCUT2D eigenvalue weighted by Gasteiger charge is 2.63. The van der Waals surface area contributed by atoms with Crippen LogP contribution in [-0.2, 0) is 36.9 Å². The van der Waals surface area contributed by atoms with Gasteiger partial charge in [0.05, 0.1) is 25.9 Å². The number of amides is 2. The summed E-state index contributed by atoms with van der Waals surface area (Å²) < 4.78 is 12.3. The number of nitrogens with zero attached hydrogens (tertiary/aromatic N) is 1. The quantitative estimate of drug-likeness (QED) is 0.203. The Morgan fingerprint density at radius 2 is 1.53 bits per heavy atom. The lowest BCUT2D eigenvalue weighted by Crippen LogP contribution is -2.61. The van der Waals surface area contributed by atoms with E-state index in [0.29, 0.717) is 12.2 Å². The van der Waals surface area contributed by atoms with Crippen molar-refractivity contribution in [2.24, 2.45) is 23.2 Å². The Balaban J connectivity index is 1.26. The van der Waals surface area contributed by atoms with Crippen LogP contribution in [-0.4, -0.2) is 42.0 Å². The van der Waals surface area contributed by atoms with E-state index in [9.17, 15) is 14.4 Å². The number of methoxy groups -OCH3 is 1. The SMILES string of the molecule is COC(=O)[C@]12C[C@H](CC(=O)NCc3cccc4ccccc34)C(=O)N(Cc3cccc4ccccc34)C1=C[C@H](C(C)C)O[C@@H]2C1CC1. The molecule has 4 atom stereocenters. The smallest absolute Gasteiger partial charge is 0.320 e. The molecule has 7 nitrogen and oxygen atoms in total. The summed E-state index contributed by atoms with van der Waals surface area (Å²) in [7, 11) is 1.41. The summed E-state index contributed by atoms with van der Waals surface area (Å²) in [5.74, 6) is -1.18. The molecule has 4 aromatic carbocycles. The summed E-state index contributed by atoms with van der Waals surface area (Å²) in [6, 6.07) is 28.3. The van der Waals surface area contributed by atoms with Crippen molar-refractivity contribution in [1.82, 2.24) is 10.2 Å². The molecular weight excluding hydrogens is 588 g/mol. The van der Waals surface area contributed by atoms with Crippen molar-refractivity contribution in [3.05, 3.63) is 108 Å². The Labute approximate surface area is 275 Å². The third kappa shape index (κ3) is 5.71. The number of hydrogen-bond acceptors (Lipinski definition) is 5. The molecule has 1 aliphatic carbocycles. The van der Waals surface area contributed by atoms with Crippen molar-refractivity contribution in [1.29, 1.82) is 0 Å². The van der Waals surface area contributed by atoms with E-state index in [1.807, 2.05) is 60.7 Å². The molecule has 47 heavy (non-hydrogen) atoms. The number of likely N-dealkylation sites (tertiary alicyclic amines) is 1. The minimum Gasteiger partial charge on any atom is -0.468 e. The van der Waals surface area contributed by atoms with Crippen molar-refractivity contribution in [3.8, 4) is 0 Å². The summed E-state index contributed by atoms with van der Waals surface area (Å²) in [6.45, 7) is 4.82. The van der Waals surface area contributed by atoms with Gasteiger partial charge in [0.1, 0.15) is 5.41 Å². The van der Waals surface area contributed by atoms with Crippen LogP contribution in [0.2, 0.25) is 0 Å². The van der Waals surface area contributed by atoms with Gasteiger partial charge in [0, 0.05) is 24.6 Å². The molecule has 0 spiro atoms. The van der Waals surface area contributed by atoms with Gasteiger partial charge < -0.3 is 19.7 Å². The molecule has 2 aliphatic heterocycles. The fraction of sp³-hybridized carbons (Fsp3) is 0.375. The molecule has 0 radical (unpaired) electrons. The molecule has 0 unspecified atom stereocenters. The van der Waals surface area contributed by atoms with E-state index < -0.39 is 23.4 Å². The van der Waals surface area contributed by atoms with Crippen LogP contribution in [0.5, 0.6) is 0 Å². The first-order chi connectivity index (χ1) is 22.8. The third-order valence-corrected chi connectivity index (χ3v) is 10.3. The number of rotatable bonds is 9. The molecule has 242 valence electrons. The number of carbonyl (C=O) groups is 3. The Morgan fingerprint density at radius 3 is 2.17 bits per heavy atom. The van der Waals surface area contributed by atoms with Crippen LogP contribution in [0.15, 0.2) is 96.7 Å². The molecule has 0 bridgehead atoms. The van der Waals surface area contributed by atoms with E-state index in [-0.39, 0.29) is 49.1 Å². The minimum absolute atomic E-state index is 0.0351. The lowest BCUT2D eigenvalue weighted by molar-refractivity contribution is -0.182. The summed E-state index contributed by atoms with van der Waals surface area (Å²) in [4.78, 5) is 44.2. The second-order valence-electron chi connectivity index (χ2n) is 13.7. The highest BCUT2D eigenvalue weighted by Crippen LogP contribution is 2.57. The summed E-state index contributed by atoms with van der Waals surface area (Å²) >= 11 is 0. The van der Waals surface area contributed by atoms with Crippen LogP contribution in [0.4, 0.5) is 0 Å². The number of nitrogens with one attached hydrogen (secondary N) is 1. The van der Waals surface area contributed by atoms with Crippen LogP contribution in [0.1, 0.15) is 50.7 Å². The summed E-state index contributed by atoms with van der Waals surface area (Å²) in [5, 5.41) is 7.38. The van der Waals surface area contributed by atoms with Gasteiger partial charge in [-0.2, -0.15) is 0 Å². The number of benzene rings is 4. The lowest BCUT2D eigenvalue weighted by atomic mass is 9.64. The van der Waals surface area contributed by atoms with E-state index in [1.165, 1.54) is 7.11 Å². The van der Waals surface area contributed by atoms with Crippen molar-refractivity contribution >= 4 is 39.3 Å². The second kappa shape index (κ2) is 12.6. The number of fused-ring (bicyclic) bond motifs is 3. The zero-order valence-electron chi connectivity index (χ0n) is 27.3. The van der Waals surface area contributed by atoms with Gasteiger partial charge in [-0.05, 0) is 69.8 Å². The van der Waals surface area contributed by atoms with Gasteiger partial charge in [0.15, 0.2) is 0 Å². The van der Waals surface area contributed by atoms with Crippen LogP contribution in [0.25, 0.3) is 21.5 Å². The van der Waals surface area contributed by atoms with Gasteiger partial charge in [-0.3, -0.25) is 14.4 Å². The van der Waals surface area contributed by atoms with Gasteiger partial charge in [-0.15, -0.1) is 0 Å². The van der Waals surface area contributed by atoms with Gasteiger partial charge in [-0.1, -0.05) is 98.8 Å². The average molecular weight is 631 g/mol. The molecule has 1 N–H and O–H groups in total. The fourth-order valence-corrected chi connectivity index (χ4v) is 7.75. The molecule has 2 fully saturated rings. The minimum atomic E-state index is -1.19. The Kier molecular flexibility index (Phi) is 8.35. The monoisotopic (exact) mass is 630 g/mol. The third-order valence-electron chi connectivity index (χ3n) is 10.3. The van der Waals surface area contributed by atoms with Crippen molar-refractivity contribution in [2.75, 3.05) is 7.11 Å². The maximum absolute atomic E-state index is 14.6. The van der Waals surface area contributed by atoms with E-state index in [0.717, 1.165) is 45.5 Å². The van der Waals surface area contributed by atoms with E-state index in [1.54, 1.807) is 4.90 Å². The summed E-state index contributed by atoms with van der Waals surface area (Å²) in [6.07, 6.45) is 3.34. The van der Waals surface area contributed by atoms with Gasteiger partial charge in [0.2, 0.25) is 11.8 Å². The van der Waals surface area contributed by atoms with Gasteiger partial charge >= 0.3 is 5.97 Å². The number of carbonyl (C=O) groups excluding carboxylic acids is 3. The number of esters is 1. The van der Waals surface area contributed by atoms with E-state index >= 15 is 0 Å². The molecule has 1 saturated heterocycles. The Morgan fingerprint density at radius 1 is 0.915 bits per heavy atom. The van der Waals surface area contributed by atoms with E-state index in [2.05, 4.69) is 49.5 Å². The Bertz CT molecular complexity index is 1870. The van der Waals surface area contributed by atoms with Crippen LogP contribution < -0.4 is 5.32 Å². The van der Waals surface area contributed by atoms with Crippen molar-refractivity contribution < 1.29 is 23.9 Å². The van der Waals surface area contributed by atoms with Gasteiger partial charge in [0.25, 0.3) is 0 Å². The molecule has 7 rings (SSSR count). The standard InChI is InChI=1S/C40H42N2O5/c1-25(2)34-21-35-40(39(45)46-3,37(47-34)28-18-19-28)22-31(20-36(43)41-23-29-14-8-12-26-10-4-6-16-32(26)29)38(44)42(35)24-30-15-9-13-27-11-5-7-17-33(27)30/h4-17,21,25,28,31,34,37H,18-20,22-24H2,1-3H3,(H,41,43)/t31-,34+,37+,40+/m0/s1. The molecule has 2 heterocycles. The first kappa shape index (κ1) is 31.1. The fourth-order valence-electron chi connectivity index (χ4n) is 7.75. The van der Waals surface area contributed by atoms with Crippen molar-refractivity contribution in [2.45, 2.75) is 64.8 Å². The lowest BCUT2D eigenvalue weighted by Gasteiger charge is -2.53. The van der Waals surface area contributed by atoms with E-state index in [4.69, 9.17) is 9.47 Å². The molecule has 4 aromatic rings. The molecule has 2 amide bonds. The van der Waals surface area contributed by atoms with Gasteiger partial charge in [-0.25, -0.2) is 0 Å². The molecule has 3 aliphatic rings. The maximum Gasteiger partial charge on any atom is 0.320 e. The van der Waals surface area contributed by atoms with Crippen molar-refractivity contribution in [3.63, 3.8) is 0 Å². The van der Waals surface area contributed by atoms with Crippen LogP contribution in [0, 0.1) is 23.2 Å². The largest absolute Gasteiger partial charge is 0.468 e. The molecule has 7 heteroatoms. The molecule has 1 saturated carbocycles. The van der Waals surface area contributed by atoms with Crippen LogP contribution in [0.3, 0.4) is 0 Å². The zero-order valence-corrected chi connectivity index (χ0v) is 27.3. The normalized spacial score (nSPS) is 24.3. The predicted octanol–water partition coefficient (Wildman–Crippen LogP) is 6.92. The predicted molar refractivity (Wildman–Crippen MR) is 182 cm³/mol. The summed E-state index contributed by atoms with van der Waals surface area (Å²) in [5.41, 5.74) is 1.46. The first-order valence-corrected chi connectivity index (χ1v) is 16.8. The maximum atomic E-state index is 14.6. The highest BCUT2D eigenvalue weighted by molar-refractivity contribution is 5.94. The Hall–Kier alpha value is -4.49. The first-order valence-electron chi connectivity index (χ1n) is 16.8. The molecular formula is C40H42N2O5. The number of hydrogen-bond donors (Lipinski definition) is 1. The number of piperidine rings is 1. The second-order valence-corrected chi connectivity index (χ2v) is 13.7. The average Bonchev–Trinajstić information content (AvgIpc) is 3.94. The topological polar surface area (TPSA) is 84.9 Å². The highest BCUT2D eigenvalue weighted by atomic mass is 16.5. The zero-order chi connectivity index (χ0) is 32.7. The number of ether oxygens (including phenoxy) is 2.